The molecule has 160 valence electrons. The number of piperidine rings is 1. The quantitative estimate of drug-likeness (QED) is 0.251. The number of likely N-dealkylation sites (tertiary alicyclic amines) is 1. The van der Waals surface area contributed by atoms with Crippen LogP contribution >= 0.6 is 24.0 Å². The van der Waals surface area contributed by atoms with Crippen molar-refractivity contribution in [3.8, 4) is 0 Å². The van der Waals surface area contributed by atoms with E-state index in [2.05, 4.69) is 15.6 Å². The molecule has 28 heavy (non-hydrogen) atoms. The first-order valence-corrected chi connectivity index (χ1v) is 9.34. The van der Waals surface area contributed by atoms with Crippen molar-refractivity contribution < 1.29 is 17.6 Å². The van der Waals surface area contributed by atoms with Gasteiger partial charge >= 0.3 is 6.18 Å². The number of guanidine groups is 1. The van der Waals surface area contributed by atoms with Gasteiger partial charge in [-0.1, -0.05) is 18.2 Å². The lowest BCUT2D eigenvalue weighted by atomic mass is 9.93. The zero-order chi connectivity index (χ0) is 19.7. The van der Waals surface area contributed by atoms with Gasteiger partial charge in [0.25, 0.3) is 0 Å². The molecule has 1 aromatic carbocycles. The van der Waals surface area contributed by atoms with Crippen LogP contribution in [-0.2, 0) is 6.42 Å². The first-order chi connectivity index (χ1) is 12.9. The van der Waals surface area contributed by atoms with E-state index < -0.39 is 12.7 Å². The van der Waals surface area contributed by atoms with Gasteiger partial charge in [0.15, 0.2) is 5.96 Å². The summed E-state index contributed by atoms with van der Waals surface area (Å²) in [7, 11) is 1.67. The molecule has 4 nitrogen and oxygen atoms in total. The normalized spacial score (nSPS) is 16.5. The van der Waals surface area contributed by atoms with Crippen molar-refractivity contribution in [3.63, 3.8) is 0 Å². The lowest BCUT2D eigenvalue weighted by Crippen LogP contribution is -2.42. The molecule has 1 aliphatic heterocycles. The standard InChI is InChI=1S/C19H28F4N4.HI/c1-24-18(26-11-7-16-4-2-3-5-17(16)20)25-10-6-15-8-12-27(13-9-15)14-19(21,22)23;/h2-5,15H,6-14H2,1H3,(H2,24,25,26);1H. The summed E-state index contributed by atoms with van der Waals surface area (Å²) >= 11 is 0. The Bertz CT molecular complexity index is 602. The number of benzene rings is 1. The minimum Gasteiger partial charge on any atom is -0.356 e. The van der Waals surface area contributed by atoms with Crippen molar-refractivity contribution in [2.75, 3.05) is 39.8 Å². The van der Waals surface area contributed by atoms with Gasteiger partial charge in [0.1, 0.15) is 5.82 Å². The minimum absolute atomic E-state index is 0. The highest BCUT2D eigenvalue weighted by Gasteiger charge is 2.32. The fourth-order valence-corrected chi connectivity index (χ4v) is 3.32. The van der Waals surface area contributed by atoms with E-state index in [1.165, 1.54) is 11.0 Å². The van der Waals surface area contributed by atoms with E-state index in [9.17, 15) is 17.6 Å². The third-order valence-electron chi connectivity index (χ3n) is 4.82. The number of rotatable bonds is 7. The lowest BCUT2D eigenvalue weighted by molar-refractivity contribution is -0.148. The molecule has 2 N–H and O–H groups in total. The Morgan fingerprint density at radius 2 is 1.79 bits per heavy atom. The smallest absolute Gasteiger partial charge is 0.356 e. The average molecular weight is 516 g/mol. The van der Waals surface area contributed by atoms with Gasteiger partial charge in [-0.15, -0.1) is 24.0 Å². The molecule has 0 aromatic heterocycles. The molecule has 1 aliphatic rings. The minimum atomic E-state index is -4.12. The van der Waals surface area contributed by atoms with Crippen LogP contribution in [0.2, 0.25) is 0 Å². The van der Waals surface area contributed by atoms with Crippen molar-refractivity contribution in [1.29, 1.82) is 0 Å². The zero-order valence-electron chi connectivity index (χ0n) is 16.1. The van der Waals surface area contributed by atoms with Gasteiger partial charge in [-0.25, -0.2) is 4.39 Å². The summed E-state index contributed by atoms with van der Waals surface area (Å²) in [6.45, 7) is 1.47. The second-order valence-electron chi connectivity index (χ2n) is 6.89. The van der Waals surface area contributed by atoms with Crippen LogP contribution < -0.4 is 10.6 Å². The highest BCUT2D eigenvalue weighted by atomic mass is 127. The Balaban J connectivity index is 0.00000392. The monoisotopic (exact) mass is 516 g/mol. The summed E-state index contributed by atoms with van der Waals surface area (Å²) in [4.78, 5) is 5.62. The number of nitrogens with zero attached hydrogens (tertiary/aromatic N) is 2. The Morgan fingerprint density at radius 1 is 1.14 bits per heavy atom. The molecular formula is C19H29F4IN4. The molecule has 0 spiro atoms. The van der Waals surface area contributed by atoms with Crippen molar-refractivity contribution in [2.45, 2.75) is 31.9 Å². The molecule has 0 saturated carbocycles. The van der Waals surface area contributed by atoms with Crippen LogP contribution in [0, 0.1) is 11.7 Å². The van der Waals surface area contributed by atoms with E-state index in [1.807, 2.05) is 6.07 Å². The zero-order valence-corrected chi connectivity index (χ0v) is 18.4. The maximum Gasteiger partial charge on any atom is 0.401 e. The van der Waals surface area contributed by atoms with Gasteiger partial charge in [0.05, 0.1) is 6.54 Å². The Labute approximate surface area is 181 Å². The highest BCUT2D eigenvalue weighted by Crippen LogP contribution is 2.23. The number of alkyl halides is 3. The molecule has 0 amide bonds. The summed E-state index contributed by atoms with van der Waals surface area (Å²) in [6, 6.07) is 6.69. The maximum absolute atomic E-state index is 13.6. The number of hydrogen-bond donors (Lipinski definition) is 2. The number of nitrogens with one attached hydrogen (secondary N) is 2. The maximum atomic E-state index is 13.6. The van der Waals surface area contributed by atoms with E-state index in [0.29, 0.717) is 50.0 Å². The number of hydrogen-bond acceptors (Lipinski definition) is 2. The fraction of sp³-hybridized carbons (Fsp3) is 0.632. The first-order valence-electron chi connectivity index (χ1n) is 9.34. The second-order valence-corrected chi connectivity index (χ2v) is 6.89. The van der Waals surface area contributed by atoms with Gasteiger partial charge in [0.2, 0.25) is 0 Å². The Hall–Kier alpha value is -1.10. The van der Waals surface area contributed by atoms with Crippen LogP contribution in [0.25, 0.3) is 0 Å². The Morgan fingerprint density at radius 3 is 2.39 bits per heavy atom. The average Bonchev–Trinajstić information content (AvgIpc) is 2.62. The van der Waals surface area contributed by atoms with Crippen LogP contribution in [0.4, 0.5) is 17.6 Å². The van der Waals surface area contributed by atoms with Crippen LogP contribution in [0.15, 0.2) is 29.3 Å². The fourth-order valence-electron chi connectivity index (χ4n) is 3.32. The third kappa shape index (κ3) is 9.40. The SMILES string of the molecule is CN=C(NCCc1ccccc1F)NCCC1CCN(CC(F)(F)F)CC1.I. The van der Waals surface area contributed by atoms with E-state index in [0.717, 1.165) is 19.3 Å². The lowest BCUT2D eigenvalue weighted by Gasteiger charge is -2.32. The summed E-state index contributed by atoms with van der Waals surface area (Å²) < 4.78 is 50.8. The largest absolute Gasteiger partial charge is 0.401 e. The van der Waals surface area contributed by atoms with E-state index in [1.54, 1.807) is 19.2 Å². The topological polar surface area (TPSA) is 39.7 Å². The third-order valence-corrected chi connectivity index (χ3v) is 4.82. The molecular weight excluding hydrogens is 487 g/mol. The van der Waals surface area contributed by atoms with Crippen molar-refractivity contribution in [1.82, 2.24) is 15.5 Å². The Kier molecular flexibility index (Phi) is 11.1. The molecule has 1 saturated heterocycles. The van der Waals surface area contributed by atoms with Crippen molar-refractivity contribution in [2.24, 2.45) is 10.9 Å². The predicted octanol–water partition coefficient (Wildman–Crippen LogP) is 3.82. The summed E-state index contributed by atoms with van der Waals surface area (Å²) in [5.41, 5.74) is 0.658. The van der Waals surface area contributed by atoms with Gasteiger partial charge in [-0.3, -0.25) is 9.89 Å². The van der Waals surface area contributed by atoms with E-state index in [-0.39, 0.29) is 29.8 Å². The summed E-state index contributed by atoms with van der Waals surface area (Å²) in [5, 5.41) is 6.37. The van der Waals surface area contributed by atoms with E-state index in [4.69, 9.17) is 0 Å². The van der Waals surface area contributed by atoms with Crippen LogP contribution in [0.1, 0.15) is 24.8 Å². The predicted molar refractivity (Wildman–Crippen MR) is 115 cm³/mol. The van der Waals surface area contributed by atoms with E-state index >= 15 is 0 Å². The molecule has 1 aromatic rings. The van der Waals surface area contributed by atoms with Crippen molar-refractivity contribution >= 4 is 29.9 Å². The molecule has 0 aliphatic carbocycles. The van der Waals surface area contributed by atoms with Crippen LogP contribution in [0.5, 0.6) is 0 Å². The van der Waals surface area contributed by atoms with Gasteiger partial charge in [-0.05, 0) is 56.3 Å². The second kappa shape index (κ2) is 12.5. The van der Waals surface area contributed by atoms with Crippen LogP contribution in [-0.4, -0.2) is 56.8 Å². The molecule has 1 heterocycles. The summed E-state index contributed by atoms with van der Waals surface area (Å²) in [6.07, 6.45) is -1.08. The molecule has 0 radical (unpaired) electrons. The molecule has 0 unspecified atom stereocenters. The highest BCUT2D eigenvalue weighted by molar-refractivity contribution is 14.0. The molecule has 2 rings (SSSR count). The van der Waals surface area contributed by atoms with Crippen LogP contribution in [0.3, 0.4) is 0 Å². The molecule has 0 bridgehead atoms. The van der Waals surface area contributed by atoms with Gasteiger partial charge in [0, 0.05) is 20.1 Å². The molecule has 0 atom stereocenters. The number of aliphatic imine (C=N–C) groups is 1. The molecule has 1 fully saturated rings. The summed E-state index contributed by atoms with van der Waals surface area (Å²) in [5.74, 6) is 0.874. The first kappa shape index (κ1) is 24.9. The van der Waals surface area contributed by atoms with Gasteiger partial charge in [-0.2, -0.15) is 13.2 Å². The molecule has 9 heteroatoms. The van der Waals surface area contributed by atoms with Crippen molar-refractivity contribution in [3.05, 3.63) is 35.6 Å². The van der Waals surface area contributed by atoms with Gasteiger partial charge < -0.3 is 10.6 Å². The number of halogens is 5.